The second-order valence-electron chi connectivity index (χ2n) is 4.73. The first kappa shape index (κ1) is 12.7. The summed E-state index contributed by atoms with van der Waals surface area (Å²) in [6.07, 6.45) is 0.965. The quantitative estimate of drug-likeness (QED) is 0.909. The van der Waals surface area contributed by atoms with Crippen LogP contribution in [0.4, 0.5) is 17.3 Å². The lowest BCUT2D eigenvalue weighted by atomic mass is 10.2. The molecule has 1 aliphatic heterocycles. The Morgan fingerprint density at radius 1 is 1.25 bits per heavy atom. The van der Waals surface area contributed by atoms with E-state index in [2.05, 4.69) is 26.3 Å². The molecule has 0 saturated carbocycles. The van der Waals surface area contributed by atoms with Gasteiger partial charge in [-0.05, 0) is 25.5 Å². The van der Waals surface area contributed by atoms with Crippen molar-refractivity contribution < 1.29 is 4.74 Å². The van der Waals surface area contributed by atoms with Crippen molar-refractivity contribution in [2.45, 2.75) is 13.3 Å². The molecule has 0 bridgehead atoms. The maximum Gasteiger partial charge on any atom is 0.142 e. The smallest absolute Gasteiger partial charge is 0.142 e. The molecule has 20 heavy (non-hydrogen) atoms. The molecule has 5 heteroatoms. The van der Waals surface area contributed by atoms with E-state index in [0.29, 0.717) is 0 Å². The molecule has 1 aromatic heterocycles. The predicted octanol–water partition coefficient (Wildman–Crippen LogP) is 2.75. The number of anilines is 3. The predicted molar refractivity (Wildman–Crippen MR) is 79.9 cm³/mol. The van der Waals surface area contributed by atoms with E-state index in [9.17, 15) is 0 Å². The number of ether oxygens (including phenoxy) is 1. The summed E-state index contributed by atoms with van der Waals surface area (Å²) in [7, 11) is 1.87. The number of aromatic nitrogens is 2. The highest BCUT2D eigenvalue weighted by Gasteiger charge is 2.19. The number of hydrogen-bond acceptors (Lipinski definition) is 5. The Hall–Kier alpha value is -2.30. The van der Waals surface area contributed by atoms with Gasteiger partial charge in [-0.15, -0.1) is 0 Å². The fraction of sp³-hybridized carbons (Fsp3) is 0.333. The highest BCUT2D eigenvalue weighted by Crippen LogP contribution is 2.35. The first-order valence-corrected chi connectivity index (χ1v) is 6.81. The molecule has 0 spiro atoms. The fourth-order valence-electron chi connectivity index (χ4n) is 2.38. The Morgan fingerprint density at radius 2 is 2.10 bits per heavy atom. The largest absolute Gasteiger partial charge is 0.491 e. The molecule has 0 radical (unpaired) electrons. The topological polar surface area (TPSA) is 50.3 Å². The van der Waals surface area contributed by atoms with Crippen LogP contribution in [0.2, 0.25) is 0 Å². The molecule has 2 heterocycles. The van der Waals surface area contributed by atoms with E-state index in [0.717, 1.165) is 48.5 Å². The zero-order chi connectivity index (χ0) is 13.9. The summed E-state index contributed by atoms with van der Waals surface area (Å²) in [6.45, 7) is 3.53. The Bertz CT molecular complexity index is 615. The number of nitrogens with zero attached hydrogens (tertiary/aromatic N) is 3. The third kappa shape index (κ3) is 2.39. The summed E-state index contributed by atoms with van der Waals surface area (Å²) < 4.78 is 5.79. The summed E-state index contributed by atoms with van der Waals surface area (Å²) in [5, 5.41) is 3.08. The van der Waals surface area contributed by atoms with E-state index >= 15 is 0 Å². The van der Waals surface area contributed by atoms with E-state index in [1.54, 1.807) is 0 Å². The van der Waals surface area contributed by atoms with Crippen LogP contribution in [0.15, 0.2) is 30.3 Å². The third-order valence-electron chi connectivity index (χ3n) is 3.30. The van der Waals surface area contributed by atoms with E-state index in [4.69, 9.17) is 4.74 Å². The van der Waals surface area contributed by atoms with Crippen LogP contribution in [-0.2, 0) is 0 Å². The standard InChI is InChI=1S/C15H18N4O/c1-11-17-14(16-2)10-15(18-11)19-8-5-9-20-13-7-4-3-6-12(13)19/h3-4,6-7,10H,5,8-9H2,1-2H3,(H,16,17,18). The molecular formula is C15H18N4O. The van der Waals surface area contributed by atoms with E-state index in [1.807, 2.05) is 38.2 Å². The Morgan fingerprint density at radius 3 is 2.95 bits per heavy atom. The first-order valence-electron chi connectivity index (χ1n) is 6.81. The van der Waals surface area contributed by atoms with Crippen molar-refractivity contribution in [1.82, 2.24) is 9.97 Å². The van der Waals surface area contributed by atoms with Crippen molar-refractivity contribution in [2.75, 3.05) is 30.4 Å². The zero-order valence-electron chi connectivity index (χ0n) is 11.8. The van der Waals surface area contributed by atoms with Gasteiger partial charge < -0.3 is 15.0 Å². The number of rotatable bonds is 2. The molecule has 104 valence electrons. The highest BCUT2D eigenvalue weighted by atomic mass is 16.5. The maximum atomic E-state index is 5.79. The molecule has 1 aliphatic rings. The number of hydrogen-bond donors (Lipinski definition) is 1. The van der Waals surface area contributed by atoms with E-state index in [1.165, 1.54) is 0 Å². The third-order valence-corrected chi connectivity index (χ3v) is 3.30. The van der Waals surface area contributed by atoms with Crippen LogP contribution in [0.1, 0.15) is 12.2 Å². The minimum absolute atomic E-state index is 0.733. The summed E-state index contributed by atoms with van der Waals surface area (Å²) >= 11 is 0. The van der Waals surface area contributed by atoms with Crippen molar-refractivity contribution in [2.24, 2.45) is 0 Å². The molecule has 0 amide bonds. The SMILES string of the molecule is CNc1cc(N2CCCOc3ccccc32)nc(C)n1. The molecule has 0 unspecified atom stereocenters. The summed E-state index contributed by atoms with van der Waals surface area (Å²) in [4.78, 5) is 11.1. The van der Waals surface area contributed by atoms with Gasteiger partial charge in [-0.1, -0.05) is 12.1 Å². The van der Waals surface area contributed by atoms with Crippen molar-refractivity contribution in [3.63, 3.8) is 0 Å². The van der Waals surface area contributed by atoms with Gasteiger partial charge in [-0.25, -0.2) is 9.97 Å². The van der Waals surface area contributed by atoms with E-state index < -0.39 is 0 Å². The Labute approximate surface area is 118 Å². The molecule has 2 aromatic rings. The van der Waals surface area contributed by atoms with Crippen LogP contribution in [0, 0.1) is 6.92 Å². The molecule has 0 fully saturated rings. The summed E-state index contributed by atoms with van der Waals surface area (Å²) in [6, 6.07) is 10.0. The van der Waals surface area contributed by atoms with Gasteiger partial charge in [0.15, 0.2) is 0 Å². The Kier molecular flexibility index (Phi) is 3.41. The molecule has 0 saturated heterocycles. The minimum atomic E-state index is 0.733. The molecule has 0 atom stereocenters. The minimum Gasteiger partial charge on any atom is -0.491 e. The van der Waals surface area contributed by atoms with Crippen molar-refractivity contribution in [3.8, 4) is 5.75 Å². The van der Waals surface area contributed by atoms with Crippen LogP contribution < -0.4 is 15.0 Å². The number of fused-ring (bicyclic) bond motifs is 1. The van der Waals surface area contributed by atoms with Crippen LogP contribution >= 0.6 is 0 Å². The van der Waals surface area contributed by atoms with Crippen molar-refractivity contribution >= 4 is 17.3 Å². The lowest BCUT2D eigenvalue weighted by Gasteiger charge is -2.23. The molecule has 3 rings (SSSR count). The van der Waals surface area contributed by atoms with Crippen LogP contribution in [-0.4, -0.2) is 30.2 Å². The second kappa shape index (κ2) is 5.36. The molecule has 1 aromatic carbocycles. The van der Waals surface area contributed by atoms with Gasteiger partial charge >= 0.3 is 0 Å². The fourth-order valence-corrected chi connectivity index (χ4v) is 2.38. The first-order chi connectivity index (χ1) is 9.78. The molecular weight excluding hydrogens is 252 g/mol. The van der Waals surface area contributed by atoms with Gasteiger partial charge in [0.25, 0.3) is 0 Å². The average molecular weight is 270 g/mol. The van der Waals surface area contributed by atoms with Crippen molar-refractivity contribution in [3.05, 3.63) is 36.2 Å². The van der Waals surface area contributed by atoms with Crippen LogP contribution in [0.3, 0.4) is 0 Å². The normalized spacial score (nSPS) is 14.2. The summed E-state index contributed by atoms with van der Waals surface area (Å²) in [5.41, 5.74) is 1.06. The number of nitrogens with one attached hydrogen (secondary N) is 1. The van der Waals surface area contributed by atoms with Crippen molar-refractivity contribution in [1.29, 1.82) is 0 Å². The molecule has 5 nitrogen and oxygen atoms in total. The van der Waals surface area contributed by atoms with Gasteiger partial charge in [-0.2, -0.15) is 0 Å². The number of benzene rings is 1. The van der Waals surface area contributed by atoms with Gasteiger partial charge in [0.1, 0.15) is 23.2 Å². The molecule has 1 N–H and O–H groups in total. The Balaban J connectivity index is 2.07. The van der Waals surface area contributed by atoms with Gasteiger partial charge in [0, 0.05) is 19.7 Å². The van der Waals surface area contributed by atoms with E-state index in [-0.39, 0.29) is 0 Å². The zero-order valence-corrected chi connectivity index (χ0v) is 11.8. The van der Waals surface area contributed by atoms with Gasteiger partial charge in [0.05, 0.1) is 12.3 Å². The number of para-hydroxylation sites is 2. The monoisotopic (exact) mass is 270 g/mol. The highest BCUT2D eigenvalue weighted by molar-refractivity contribution is 5.68. The lowest BCUT2D eigenvalue weighted by molar-refractivity contribution is 0.322. The van der Waals surface area contributed by atoms with Crippen LogP contribution in [0.25, 0.3) is 0 Å². The maximum absolute atomic E-state index is 5.79. The summed E-state index contributed by atoms with van der Waals surface area (Å²) in [5.74, 6) is 3.40. The second-order valence-corrected chi connectivity index (χ2v) is 4.73. The lowest BCUT2D eigenvalue weighted by Crippen LogP contribution is -2.19. The van der Waals surface area contributed by atoms with Gasteiger partial charge in [-0.3, -0.25) is 0 Å². The van der Waals surface area contributed by atoms with Crippen LogP contribution in [0.5, 0.6) is 5.75 Å². The van der Waals surface area contributed by atoms with Gasteiger partial charge in [0.2, 0.25) is 0 Å². The average Bonchev–Trinajstić information content (AvgIpc) is 2.69. The number of aryl methyl sites for hydroxylation is 1. The molecule has 0 aliphatic carbocycles.